The van der Waals surface area contributed by atoms with Gasteiger partial charge in [-0.15, -0.1) is 0 Å². The van der Waals surface area contributed by atoms with Crippen LogP contribution in [0.5, 0.6) is 0 Å². The molecule has 0 aromatic rings. The number of hydrogen-bond donors (Lipinski definition) is 1. The summed E-state index contributed by atoms with van der Waals surface area (Å²) in [4.78, 5) is 2.44. The first-order chi connectivity index (χ1) is 5.14. The van der Waals surface area contributed by atoms with Crippen molar-refractivity contribution in [3.05, 3.63) is 0 Å². The standard InChI is InChI=1S/C9H20N2/c1-3-4-5-6-11-7-9(2,10)8-11/h3-8,10H2,1-2H3. The minimum Gasteiger partial charge on any atom is -0.323 e. The van der Waals surface area contributed by atoms with Gasteiger partial charge in [0.25, 0.3) is 0 Å². The summed E-state index contributed by atoms with van der Waals surface area (Å²) in [6.07, 6.45) is 4.01. The van der Waals surface area contributed by atoms with Crippen LogP contribution in [0.1, 0.15) is 33.1 Å². The van der Waals surface area contributed by atoms with Gasteiger partial charge in [0, 0.05) is 18.6 Å². The van der Waals surface area contributed by atoms with Gasteiger partial charge in [0.15, 0.2) is 0 Å². The maximum absolute atomic E-state index is 5.87. The minimum atomic E-state index is 0.117. The Hall–Kier alpha value is -0.0800. The Morgan fingerprint density at radius 2 is 2.00 bits per heavy atom. The molecule has 0 aromatic heterocycles. The van der Waals surface area contributed by atoms with E-state index >= 15 is 0 Å². The number of nitrogens with zero attached hydrogens (tertiary/aromatic N) is 1. The van der Waals surface area contributed by atoms with Crippen molar-refractivity contribution >= 4 is 0 Å². The molecule has 0 aliphatic carbocycles. The molecule has 2 nitrogen and oxygen atoms in total. The van der Waals surface area contributed by atoms with E-state index in [9.17, 15) is 0 Å². The molecule has 1 rings (SSSR count). The molecule has 0 saturated carbocycles. The van der Waals surface area contributed by atoms with Gasteiger partial charge >= 0.3 is 0 Å². The van der Waals surface area contributed by atoms with Gasteiger partial charge in [-0.3, -0.25) is 4.90 Å². The summed E-state index contributed by atoms with van der Waals surface area (Å²) >= 11 is 0. The maximum atomic E-state index is 5.87. The Kier molecular flexibility index (Phi) is 2.90. The predicted octanol–water partition coefficient (Wildman–Crippen LogP) is 1.21. The fourth-order valence-corrected chi connectivity index (χ4v) is 1.72. The molecule has 2 heteroatoms. The van der Waals surface area contributed by atoms with Gasteiger partial charge in [-0.2, -0.15) is 0 Å². The van der Waals surface area contributed by atoms with Gasteiger partial charge in [-0.1, -0.05) is 19.8 Å². The Bertz CT molecular complexity index is 113. The van der Waals surface area contributed by atoms with E-state index in [4.69, 9.17) is 5.73 Å². The highest BCUT2D eigenvalue weighted by Crippen LogP contribution is 2.17. The summed E-state index contributed by atoms with van der Waals surface area (Å²) in [5.41, 5.74) is 5.99. The summed E-state index contributed by atoms with van der Waals surface area (Å²) in [6, 6.07) is 0. The molecule has 0 aromatic carbocycles. The fourth-order valence-electron chi connectivity index (χ4n) is 1.72. The highest BCUT2D eigenvalue weighted by Gasteiger charge is 2.33. The average molecular weight is 156 g/mol. The molecule has 0 radical (unpaired) electrons. The van der Waals surface area contributed by atoms with Crippen LogP contribution in [0, 0.1) is 0 Å². The minimum absolute atomic E-state index is 0.117. The fraction of sp³-hybridized carbons (Fsp3) is 1.00. The first-order valence-electron chi connectivity index (χ1n) is 4.65. The molecular formula is C9H20N2. The van der Waals surface area contributed by atoms with E-state index < -0.39 is 0 Å². The van der Waals surface area contributed by atoms with Crippen molar-refractivity contribution in [3.8, 4) is 0 Å². The lowest BCUT2D eigenvalue weighted by atomic mass is 9.93. The largest absolute Gasteiger partial charge is 0.323 e. The molecule has 1 aliphatic heterocycles. The third kappa shape index (κ3) is 2.80. The predicted molar refractivity (Wildman–Crippen MR) is 48.6 cm³/mol. The van der Waals surface area contributed by atoms with Crippen molar-refractivity contribution in [3.63, 3.8) is 0 Å². The second-order valence-corrected chi connectivity index (χ2v) is 4.07. The van der Waals surface area contributed by atoms with Crippen LogP contribution in [-0.2, 0) is 0 Å². The number of rotatable bonds is 4. The molecule has 0 spiro atoms. The molecule has 0 amide bonds. The first kappa shape index (κ1) is 9.01. The summed E-state index contributed by atoms with van der Waals surface area (Å²) in [6.45, 7) is 7.81. The zero-order valence-corrected chi connectivity index (χ0v) is 7.77. The lowest BCUT2D eigenvalue weighted by Gasteiger charge is -2.45. The van der Waals surface area contributed by atoms with Crippen LogP contribution in [0.15, 0.2) is 0 Å². The monoisotopic (exact) mass is 156 g/mol. The molecule has 1 fully saturated rings. The van der Waals surface area contributed by atoms with Crippen molar-refractivity contribution < 1.29 is 0 Å². The van der Waals surface area contributed by atoms with Gasteiger partial charge in [0.1, 0.15) is 0 Å². The summed E-state index contributed by atoms with van der Waals surface area (Å²) in [5.74, 6) is 0. The molecular weight excluding hydrogens is 136 g/mol. The molecule has 2 N–H and O–H groups in total. The summed E-state index contributed by atoms with van der Waals surface area (Å²) in [5, 5.41) is 0. The maximum Gasteiger partial charge on any atom is 0.0383 e. The van der Waals surface area contributed by atoms with Crippen LogP contribution >= 0.6 is 0 Å². The van der Waals surface area contributed by atoms with Crippen LogP contribution in [0.3, 0.4) is 0 Å². The smallest absolute Gasteiger partial charge is 0.0383 e. The van der Waals surface area contributed by atoms with E-state index in [1.165, 1.54) is 25.8 Å². The highest BCUT2D eigenvalue weighted by molar-refractivity contribution is 4.95. The third-order valence-electron chi connectivity index (χ3n) is 2.25. The number of likely N-dealkylation sites (tertiary alicyclic amines) is 1. The molecule has 66 valence electrons. The Balaban J connectivity index is 1.96. The van der Waals surface area contributed by atoms with Gasteiger partial charge in [-0.25, -0.2) is 0 Å². The first-order valence-corrected chi connectivity index (χ1v) is 4.65. The van der Waals surface area contributed by atoms with Gasteiger partial charge in [0.2, 0.25) is 0 Å². The molecule has 0 unspecified atom stereocenters. The van der Waals surface area contributed by atoms with E-state index in [1.807, 2.05) is 0 Å². The van der Waals surface area contributed by atoms with Crippen molar-refractivity contribution in [1.82, 2.24) is 4.90 Å². The average Bonchev–Trinajstić information content (AvgIpc) is 1.84. The highest BCUT2D eigenvalue weighted by atomic mass is 15.2. The van der Waals surface area contributed by atoms with Crippen LogP contribution in [0.2, 0.25) is 0 Å². The van der Waals surface area contributed by atoms with Crippen molar-refractivity contribution in [2.45, 2.75) is 38.6 Å². The van der Waals surface area contributed by atoms with Crippen LogP contribution in [0.4, 0.5) is 0 Å². The molecule has 11 heavy (non-hydrogen) atoms. The zero-order valence-electron chi connectivity index (χ0n) is 7.77. The topological polar surface area (TPSA) is 29.3 Å². The molecule has 1 heterocycles. The second-order valence-electron chi connectivity index (χ2n) is 4.07. The molecule has 0 bridgehead atoms. The normalized spacial score (nSPS) is 23.2. The van der Waals surface area contributed by atoms with Crippen molar-refractivity contribution in [2.24, 2.45) is 5.73 Å². The van der Waals surface area contributed by atoms with Crippen LogP contribution in [0.25, 0.3) is 0 Å². The summed E-state index contributed by atoms with van der Waals surface area (Å²) < 4.78 is 0. The Morgan fingerprint density at radius 1 is 1.36 bits per heavy atom. The quantitative estimate of drug-likeness (QED) is 0.620. The van der Waals surface area contributed by atoms with E-state index in [0.29, 0.717) is 0 Å². The number of nitrogens with two attached hydrogens (primary N) is 1. The van der Waals surface area contributed by atoms with Gasteiger partial charge in [0.05, 0.1) is 0 Å². The zero-order chi connectivity index (χ0) is 8.32. The lowest BCUT2D eigenvalue weighted by molar-refractivity contribution is 0.0823. The van der Waals surface area contributed by atoms with E-state index in [0.717, 1.165) is 13.1 Å². The Morgan fingerprint density at radius 3 is 2.45 bits per heavy atom. The van der Waals surface area contributed by atoms with Gasteiger partial charge in [-0.05, 0) is 19.9 Å². The third-order valence-corrected chi connectivity index (χ3v) is 2.25. The molecule has 1 aliphatic rings. The summed E-state index contributed by atoms with van der Waals surface area (Å²) in [7, 11) is 0. The van der Waals surface area contributed by atoms with Crippen LogP contribution < -0.4 is 5.73 Å². The number of unbranched alkanes of at least 4 members (excludes halogenated alkanes) is 2. The van der Waals surface area contributed by atoms with Crippen molar-refractivity contribution in [1.29, 1.82) is 0 Å². The van der Waals surface area contributed by atoms with Gasteiger partial charge < -0.3 is 5.73 Å². The van der Waals surface area contributed by atoms with E-state index in [-0.39, 0.29) is 5.54 Å². The second kappa shape index (κ2) is 3.55. The lowest BCUT2D eigenvalue weighted by Crippen LogP contribution is -2.65. The Labute approximate surface area is 69.8 Å². The molecule has 1 saturated heterocycles. The molecule has 0 atom stereocenters. The number of hydrogen-bond acceptors (Lipinski definition) is 2. The van der Waals surface area contributed by atoms with Crippen molar-refractivity contribution in [2.75, 3.05) is 19.6 Å². The van der Waals surface area contributed by atoms with E-state index in [1.54, 1.807) is 0 Å². The van der Waals surface area contributed by atoms with Crippen LogP contribution in [-0.4, -0.2) is 30.1 Å². The SMILES string of the molecule is CCCCCN1CC(C)(N)C1. The van der Waals surface area contributed by atoms with E-state index in [2.05, 4.69) is 18.7 Å².